The summed E-state index contributed by atoms with van der Waals surface area (Å²) < 4.78 is 0. The van der Waals surface area contributed by atoms with Gasteiger partial charge < -0.3 is 15.6 Å². The number of nitro groups is 1. The van der Waals surface area contributed by atoms with Crippen molar-refractivity contribution in [2.24, 2.45) is 5.73 Å². The van der Waals surface area contributed by atoms with Crippen molar-refractivity contribution in [1.82, 2.24) is 9.97 Å². The molecule has 0 amide bonds. The van der Waals surface area contributed by atoms with Crippen LogP contribution in [0, 0.1) is 10.1 Å². The highest BCUT2D eigenvalue weighted by atomic mass is 16.6. The minimum absolute atomic E-state index is 0.0710. The SMILES string of the molecule is NC[C@H]1CCCCN1c1nc2ccc([N+](=O)[O-])cc2[nH]1. The van der Waals surface area contributed by atoms with Crippen LogP contribution < -0.4 is 10.6 Å². The molecule has 106 valence electrons. The van der Waals surface area contributed by atoms with E-state index in [4.69, 9.17) is 5.73 Å². The van der Waals surface area contributed by atoms with Gasteiger partial charge in [0.25, 0.3) is 5.69 Å². The fourth-order valence-electron chi connectivity index (χ4n) is 2.76. The Labute approximate surface area is 115 Å². The van der Waals surface area contributed by atoms with Crippen LogP contribution in [0.3, 0.4) is 0 Å². The zero-order valence-electron chi connectivity index (χ0n) is 11.1. The number of aromatic nitrogens is 2. The number of H-pyrrole nitrogens is 1. The third-order valence-electron chi connectivity index (χ3n) is 3.84. The molecule has 7 nitrogen and oxygen atoms in total. The van der Waals surface area contributed by atoms with Gasteiger partial charge in [0.2, 0.25) is 5.95 Å². The Kier molecular flexibility index (Phi) is 3.27. The molecule has 0 radical (unpaired) electrons. The van der Waals surface area contributed by atoms with Crippen molar-refractivity contribution in [1.29, 1.82) is 0 Å². The number of rotatable bonds is 3. The molecule has 0 unspecified atom stereocenters. The van der Waals surface area contributed by atoms with E-state index in [0.717, 1.165) is 30.9 Å². The van der Waals surface area contributed by atoms with Crippen molar-refractivity contribution < 1.29 is 4.92 Å². The fraction of sp³-hybridized carbons (Fsp3) is 0.462. The Morgan fingerprint density at radius 2 is 2.35 bits per heavy atom. The number of hydrogen-bond acceptors (Lipinski definition) is 5. The third kappa shape index (κ3) is 2.20. The monoisotopic (exact) mass is 275 g/mol. The summed E-state index contributed by atoms with van der Waals surface area (Å²) in [6, 6.07) is 4.96. The smallest absolute Gasteiger partial charge is 0.271 e. The molecule has 2 aromatic rings. The van der Waals surface area contributed by atoms with Gasteiger partial charge in [-0.05, 0) is 25.3 Å². The summed E-state index contributed by atoms with van der Waals surface area (Å²) in [6.07, 6.45) is 3.37. The first-order valence-electron chi connectivity index (χ1n) is 6.80. The molecule has 1 aromatic heterocycles. The molecular weight excluding hydrogens is 258 g/mol. The lowest BCUT2D eigenvalue weighted by Gasteiger charge is -2.34. The molecule has 1 fully saturated rings. The van der Waals surface area contributed by atoms with Crippen molar-refractivity contribution in [3.63, 3.8) is 0 Å². The van der Waals surface area contributed by atoms with Crippen LogP contribution in [0.15, 0.2) is 18.2 Å². The van der Waals surface area contributed by atoms with Gasteiger partial charge in [-0.2, -0.15) is 0 Å². The largest absolute Gasteiger partial charge is 0.338 e. The van der Waals surface area contributed by atoms with Gasteiger partial charge in [-0.1, -0.05) is 0 Å². The Morgan fingerprint density at radius 3 is 3.10 bits per heavy atom. The highest BCUT2D eigenvalue weighted by molar-refractivity contribution is 5.80. The van der Waals surface area contributed by atoms with E-state index in [1.54, 1.807) is 6.07 Å². The number of nitrogens with zero attached hydrogens (tertiary/aromatic N) is 3. The number of nitrogens with two attached hydrogens (primary N) is 1. The molecule has 7 heteroatoms. The number of hydrogen-bond donors (Lipinski definition) is 2. The molecule has 0 aliphatic carbocycles. The number of imidazole rings is 1. The van der Waals surface area contributed by atoms with Crippen LogP contribution in [-0.4, -0.2) is 34.0 Å². The van der Waals surface area contributed by atoms with Gasteiger partial charge in [-0.15, -0.1) is 0 Å². The molecule has 1 aliphatic rings. The lowest BCUT2D eigenvalue weighted by atomic mass is 10.0. The summed E-state index contributed by atoms with van der Waals surface area (Å²) in [7, 11) is 0. The number of aromatic amines is 1. The zero-order chi connectivity index (χ0) is 14.1. The summed E-state index contributed by atoms with van der Waals surface area (Å²) in [4.78, 5) is 20.3. The van der Waals surface area contributed by atoms with Crippen LogP contribution in [-0.2, 0) is 0 Å². The normalized spacial score (nSPS) is 19.4. The second-order valence-electron chi connectivity index (χ2n) is 5.10. The molecule has 1 saturated heterocycles. The predicted octanol–water partition coefficient (Wildman–Crippen LogP) is 1.79. The second-order valence-corrected chi connectivity index (χ2v) is 5.10. The van der Waals surface area contributed by atoms with Crippen molar-refractivity contribution in [2.45, 2.75) is 25.3 Å². The molecule has 3 rings (SSSR count). The van der Waals surface area contributed by atoms with Crippen molar-refractivity contribution >= 4 is 22.7 Å². The lowest BCUT2D eigenvalue weighted by molar-refractivity contribution is -0.384. The molecule has 0 saturated carbocycles. The van der Waals surface area contributed by atoms with Gasteiger partial charge in [0.15, 0.2) is 0 Å². The number of benzene rings is 1. The number of non-ortho nitro benzene ring substituents is 1. The van der Waals surface area contributed by atoms with E-state index < -0.39 is 4.92 Å². The Balaban J connectivity index is 1.97. The molecule has 20 heavy (non-hydrogen) atoms. The average Bonchev–Trinajstić information content (AvgIpc) is 2.89. The van der Waals surface area contributed by atoms with E-state index in [1.807, 2.05) is 0 Å². The highest BCUT2D eigenvalue weighted by Gasteiger charge is 2.24. The van der Waals surface area contributed by atoms with E-state index in [-0.39, 0.29) is 5.69 Å². The quantitative estimate of drug-likeness (QED) is 0.657. The number of nitro benzene ring substituents is 1. The summed E-state index contributed by atoms with van der Waals surface area (Å²) in [5, 5.41) is 10.8. The van der Waals surface area contributed by atoms with Crippen LogP contribution in [0.25, 0.3) is 11.0 Å². The number of fused-ring (bicyclic) bond motifs is 1. The second kappa shape index (κ2) is 5.09. The fourth-order valence-corrected chi connectivity index (χ4v) is 2.76. The van der Waals surface area contributed by atoms with Gasteiger partial charge >= 0.3 is 0 Å². The molecule has 0 spiro atoms. The first-order valence-corrected chi connectivity index (χ1v) is 6.80. The number of anilines is 1. The van der Waals surface area contributed by atoms with Crippen LogP contribution in [0.1, 0.15) is 19.3 Å². The first-order chi connectivity index (χ1) is 9.69. The third-order valence-corrected chi connectivity index (χ3v) is 3.84. The first kappa shape index (κ1) is 12.9. The highest BCUT2D eigenvalue weighted by Crippen LogP contribution is 2.26. The summed E-state index contributed by atoms with van der Waals surface area (Å²) in [5.41, 5.74) is 7.32. The van der Waals surface area contributed by atoms with Crippen molar-refractivity contribution in [3.05, 3.63) is 28.3 Å². The molecule has 3 N–H and O–H groups in total. The van der Waals surface area contributed by atoms with Crippen molar-refractivity contribution in [2.75, 3.05) is 18.0 Å². The molecule has 1 atom stereocenters. The van der Waals surface area contributed by atoms with Gasteiger partial charge in [0.05, 0.1) is 16.0 Å². The van der Waals surface area contributed by atoms with E-state index in [2.05, 4.69) is 14.9 Å². The predicted molar refractivity (Wildman–Crippen MR) is 76.8 cm³/mol. The van der Waals surface area contributed by atoms with Gasteiger partial charge in [0.1, 0.15) is 0 Å². The van der Waals surface area contributed by atoms with E-state index in [0.29, 0.717) is 18.1 Å². The Bertz CT molecular complexity index is 639. The lowest BCUT2D eigenvalue weighted by Crippen LogP contribution is -2.44. The van der Waals surface area contributed by atoms with Gasteiger partial charge in [-0.3, -0.25) is 10.1 Å². The van der Waals surface area contributed by atoms with E-state index in [9.17, 15) is 10.1 Å². The Hall–Kier alpha value is -2.15. The summed E-state index contributed by atoms with van der Waals surface area (Å²) in [5.74, 6) is 0.760. The summed E-state index contributed by atoms with van der Waals surface area (Å²) >= 11 is 0. The van der Waals surface area contributed by atoms with Crippen LogP contribution in [0.5, 0.6) is 0 Å². The minimum Gasteiger partial charge on any atom is -0.338 e. The minimum atomic E-state index is -0.399. The van der Waals surface area contributed by atoms with Crippen LogP contribution in [0.2, 0.25) is 0 Å². The molecular formula is C13H17N5O2. The van der Waals surface area contributed by atoms with Crippen LogP contribution in [0.4, 0.5) is 11.6 Å². The molecule has 0 bridgehead atoms. The van der Waals surface area contributed by atoms with E-state index in [1.165, 1.54) is 18.6 Å². The number of nitrogens with one attached hydrogen (secondary N) is 1. The maximum absolute atomic E-state index is 10.8. The molecule has 1 aromatic carbocycles. The van der Waals surface area contributed by atoms with Gasteiger partial charge in [0, 0.05) is 31.3 Å². The standard InChI is InChI=1S/C13H17N5O2/c14-8-10-3-1-2-6-17(10)13-15-11-5-4-9(18(19)20)7-12(11)16-13/h4-5,7,10H,1-3,6,8,14H2,(H,15,16)/t10-/m1/s1. The topological polar surface area (TPSA) is 101 Å². The Morgan fingerprint density at radius 1 is 1.50 bits per heavy atom. The molecule has 1 aliphatic heterocycles. The van der Waals surface area contributed by atoms with Gasteiger partial charge in [-0.25, -0.2) is 4.98 Å². The van der Waals surface area contributed by atoms with Crippen LogP contribution >= 0.6 is 0 Å². The summed E-state index contributed by atoms with van der Waals surface area (Å²) in [6.45, 7) is 1.51. The van der Waals surface area contributed by atoms with Crippen molar-refractivity contribution in [3.8, 4) is 0 Å². The molecule has 2 heterocycles. The maximum atomic E-state index is 10.8. The van der Waals surface area contributed by atoms with E-state index >= 15 is 0 Å². The average molecular weight is 275 g/mol. The zero-order valence-corrected chi connectivity index (χ0v) is 11.1. The maximum Gasteiger partial charge on any atom is 0.271 e. The number of piperidine rings is 1.